The van der Waals surface area contributed by atoms with Crippen molar-refractivity contribution in [1.29, 1.82) is 0 Å². The van der Waals surface area contributed by atoms with E-state index in [0.717, 1.165) is 0 Å². The lowest BCUT2D eigenvalue weighted by Gasteiger charge is -2.23. The predicted octanol–water partition coefficient (Wildman–Crippen LogP) is -1.94. The number of aliphatic hydroxyl groups excluding tert-OH is 2. The van der Waals surface area contributed by atoms with Gasteiger partial charge in [0.1, 0.15) is 23.8 Å². The van der Waals surface area contributed by atoms with Crippen molar-refractivity contribution in [3.05, 3.63) is 24.0 Å². The van der Waals surface area contributed by atoms with Gasteiger partial charge in [0.2, 0.25) is 5.28 Å². The van der Waals surface area contributed by atoms with Crippen LogP contribution in [0.25, 0.3) is 11.2 Å². The smallest absolute Gasteiger partial charge is 0.226 e. The van der Waals surface area contributed by atoms with Crippen molar-refractivity contribution in [2.45, 2.75) is 24.5 Å². The van der Waals surface area contributed by atoms with E-state index in [0.29, 0.717) is 11.2 Å². The van der Waals surface area contributed by atoms with Gasteiger partial charge in [-0.3, -0.25) is 9.58 Å². The quantitative estimate of drug-likeness (QED) is 0.302. The van der Waals surface area contributed by atoms with E-state index in [9.17, 15) is 10.2 Å². The molecule has 2 aliphatic rings. The fourth-order valence-corrected chi connectivity index (χ4v) is 3.04. The Morgan fingerprint density at radius 2 is 2.08 bits per heavy atom. The Morgan fingerprint density at radius 1 is 1.28 bits per heavy atom. The minimum Gasteiger partial charge on any atom is -0.387 e. The van der Waals surface area contributed by atoms with Crippen molar-refractivity contribution in [2.75, 3.05) is 12.3 Å². The molecule has 1 saturated heterocycles. The summed E-state index contributed by atoms with van der Waals surface area (Å²) in [6.07, 6.45) is 0.768. The maximum Gasteiger partial charge on any atom is 0.226 e. The summed E-state index contributed by atoms with van der Waals surface area (Å²) in [5.41, 5.74) is 9.22. The zero-order valence-corrected chi connectivity index (χ0v) is 13.5. The molecule has 4 heterocycles. The van der Waals surface area contributed by atoms with Crippen molar-refractivity contribution >= 4 is 28.6 Å². The number of aromatic nitrogens is 4. The number of nitrogens with one attached hydrogen (secondary N) is 1. The summed E-state index contributed by atoms with van der Waals surface area (Å²) in [4.78, 5) is 12.0. The van der Waals surface area contributed by atoms with Gasteiger partial charge in [-0.05, 0) is 11.6 Å². The maximum atomic E-state index is 10.4. The van der Waals surface area contributed by atoms with Crippen molar-refractivity contribution in [1.82, 2.24) is 35.2 Å². The van der Waals surface area contributed by atoms with Crippen LogP contribution in [-0.4, -0.2) is 64.7 Å². The number of ether oxygens (including phenoxy) is 1. The summed E-state index contributed by atoms with van der Waals surface area (Å²) in [5.74, 6) is 5.66. The standard InChI is InChI=1S/C12H16ClN9O3/c13-12-17-9(14)6-10(18-12)21(4-16-6)11-8(24)7(23)5(25-11)3-20-1-2-22(15)19-20/h1-2,4-5,7-8,11,19,23-24H,3,15H2,(H2,14,17,18)/t5-,7-,8-,11-/m1/s1. The topological polar surface area (TPSA) is 164 Å². The summed E-state index contributed by atoms with van der Waals surface area (Å²) in [6.45, 7) is 0.253. The zero-order valence-electron chi connectivity index (χ0n) is 12.8. The number of imidazole rings is 1. The van der Waals surface area contributed by atoms with Crippen LogP contribution in [0.5, 0.6) is 0 Å². The molecule has 0 radical (unpaired) electrons. The number of aliphatic hydroxyl groups is 2. The molecule has 1 fully saturated rings. The number of halogens is 1. The third-order valence-electron chi connectivity index (χ3n) is 4.06. The molecular formula is C12H16ClN9O3. The number of hydrogen-bond donors (Lipinski definition) is 5. The van der Waals surface area contributed by atoms with Gasteiger partial charge in [0, 0.05) is 6.20 Å². The largest absolute Gasteiger partial charge is 0.387 e. The first kappa shape index (κ1) is 16.3. The highest BCUT2D eigenvalue weighted by Gasteiger charge is 2.45. The molecule has 4 rings (SSSR count). The third-order valence-corrected chi connectivity index (χ3v) is 4.23. The highest BCUT2D eigenvalue weighted by Crippen LogP contribution is 2.32. The second-order valence-electron chi connectivity index (χ2n) is 5.71. The van der Waals surface area contributed by atoms with E-state index < -0.39 is 24.5 Å². The summed E-state index contributed by atoms with van der Waals surface area (Å²) >= 11 is 5.85. The first-order chi connectivity index (χ1) is 11.9. The van der Waals surface area contributed by atoms with Gasteiger partial charge in [0.05, 0.1) is 19.1 Å². The average Bonchev–Trinajstić information content (AvgIpc) is 3.22. The Labute approximate surface area is 146 Å². The van der Waals surface area contributed by atoms with Crippen molar-refractivity contribution < 1.29 is 14.9 Å². The monoisotopic (exact) mass is 369 g/mol. The van der Waals surface area contributed by atoms with Crippen LogP contribution >= 0.6 is 11.6 Å². The molecule has 7 N–H and O–H groups in total. The Balaban J connectivity index is 1.60. The lowest BCUT2D eigenvalue weighted by atomic mass is 10.1. The molecule has 0 bridgehead atoms. The number of nitrogen functional groups attached to an aromatic ring is 1. The second kappa shape index (κ2) is 5.94. The molecule has 0 aromatic carbocycles. The Kier molecular flexibility index (Phi) is 3.87. The SMILES string of the molecule is Nc1nc(Cl)nc2c1ncn2[C@@H]1O[C@H](CN2C=CN(N)N2)[C@@H](O)[C@H]1O. The third kappa shape index (κ3) is 2.74. The van der Waals surface area contributed by atoms with Crippen LogP contribution in [0, 0.1) is 0 Å². The molecule has 25 heavy (non-hydrogen) atoms. The van der Waals surface area contributed by atoms with Crippen LogP contribution in [0.4, 0.5) is 5.82 Å². The lowest BCUT2D eigenvalue weighted by Crippen LogP contribution is -2.47. The number of fused-ring (bicyclic) bond motifs is 1. The minimum atomic E-state index is -1.20. The van der Waals surface area contributed by atoms with E-state index in [1.165, 1.54) is 16.0 Å². The van der Waals surface area contributed by atoms with Crippen LogP contribution in [0.2, 0.25) is 5.28 Å². The molecule has 12 nitrogen and oxygen atoms in total. The number of hydrogen-bond acceptors (Lipinski definition) is 11. The fourth-order valence-electron chi connectivity index (χ4n) is 2.87. The summed E-state index contributed by atoms with van der Waals surface area (Å²) in [6, 6.07) is 0. The normalized spacial score (nSPS) is 29.3. The predicted molar refractivity (Wildman–Crippen MR) is 85.7 cm³/mol. The van der Waals surface area contributed by atoms with Gasteiger partial charge in [-0.2, -0.15) is 9.97 Å². The number of nitrogens with zero attached hydrogens (tertiary/aromatic N) is 6. The van der Waals surface area contributed by atoms with E-state index >= 15 is 0 Å². The molecule has 2 aromatic rings. The summed E-state index contributed by atoms with van der Waals surface area (Å²) in [5, 5.41) is 23.5. The molecular weight excluding hydrogens is 354 g/mol. The first-order valence-electron chi connectivity index (χ1n) is 7.36. The molecule has 134 valence electrons. The van der Waals surface area contributed by atoms with Gasteiger partial charge in [0.25, 0.3) is 0 Å². The molecule has 13 heteroatoms. The molecule has 0 amide bonds. The van der Waals surface area contributed by atoms with Gasteiger partial charge in [0.15, 0.2) is 17.7 Å². The molecule has 0 spiro atoms. The minimum absolute atomic E-state index is 0.0502. The summed E-state index contributed by atoms with van der Waals surface area (Å²) < 4.78 is 7.29. The van der Waals surface area contributed by atoms with E-state index in [1.54, 1.807) is 17.4 Å². The summed E-state index contributed by atoms with van der Waals surface area (Å²) in [7, 11) is 0. The molecule has 0 unspecified atom stereocenters. The Morgan fingerprint density at radius 3 is 2.80 bits per heavy atom. The van der Waals surface area contributed by atoms with E-state index in [2.05, 4.69) is 20.5 Å². The van der Waals surface area contributed by atoms with Gasteiger partial charge in [-0.1, -0.05) is 0 Å². The van der Waals surface area contributed by atoms with Gasteiger partial charge >= 0.3 is 0 Å². The van der Waals surface area contributed by atoms with E-state index in [-0.39, 0.29) is 17.6 Å². The van der Waals surface area contributed by atoms with E-state index in [1.807, 2.05) is 0 Å². The van der Waals surface area contributed by atoms with Crippen molar-refractivity contribution in [2.24, 2.45) is 5.84 Å². The highest BCUT2D eigenvalue weighted by atomic mass is 35.5. The number of hydrazine groups is 3. The van der Waals surface area contributed by atoms with Crippen LogP contribution < -0.4 is 17.1 Å². The Bertz CT molecular complexity index is 830. The lowest BCUT2D eigenvalue weighted by molar-refractivity contribution is -0.0480. The highest BCUT2D eigenvalue weighted by molar-refractivity contribution is 6.28. The fraction of sp³-hybridized carbons (Fsp3) is 0.417. The second-order valence-corrected chi connectivity index (χ2v) is 6.04. The maximum absolute atomic E-state index is 10.4. The Hall–Kier alpha value is -2.22. The van der Waals surface area contributed by atoms with Crippen LogP contribution in [0.3, 0.4) is 0 Å². The molecule has 0 aliphatic carbocycles. The number of nitrogens with two attached hydrogens (primary N) is 2. The van der Waals surface area contributed by atoms with Gasteiger partial charge in [-0.25, -0.2) is 15.9 Å². The van der Waals surface area contributed by atoms with Crippen LogP contribution in [-0.2, 0) is 4.74 Å². The molecule has 2 aliphatic heterocycles. The van der Waals surface area contributed by atoms with Crippen molar-refractivity contribution in [3.63, 3.8) is 0 Å². The first-order valence-corrected chi connectivity index (χ1v) is 7.74. The van der Waals surface area contributed by atoms with Gasteiger partial charge < -0.3 is 20.7 Å². The molecule has 0 saturated carbocycles. The number of rotatable bonds is 3. The zero-order chi connectivity index (χ0) is 17.7. The average molecular weight is 370 g/mol. The molecule has 2 aromatic heterocycles. The number of anilines is 1. The van der Waals surface area contributed by atoms with Crippen molar-refractivity contribution in [3.8, 4) is 0 Å². The van der Waals surface area contributed by atoms with Crippen LogP contribution in [0.1, 0.15) is 6.23 Å². The molecule has 4 atom stereocenters. The van der Waals surface area contributed by atoms with Crippen LogP contribution in [0.15, 0.2) is 18.7 Å². The van der Waals surface area contributed by atoms with E-state index in [4.69, 9.17) is 27.9 Å². The van der Waals surface area contributed by atoms with Gasteiger partial charge in [-0.15, -0.1) is 5.53 Å².